The van der Waals surface area contributed by atoms with E-state index in [1.165, 1.54) is 10.5 Å². The van der Waals surface area contributed by atoms with E-state index >= 15 is 0 Å². The Labute approximate surface area is 168 Å². The molecular formula is C23H31N3O2. The number of hydrogen-bond acceptors (Lipinski definition) is 2. The zero-order chi connectivity index (χ0) is 20.7. The molecule has 2 N–H and O–H groups in total. The van der Waals surface area contributed by atoms with Gasteiger partial charge in [0.25, 0.3) is 0 Å². The number of urea groups is 1. The van der Waals surface area contributed by atoms with Gasteiger partial charge in [0.15, 0.2) is 0 Å². The summed E-state index contributed by atoms with van der Waals surface area (Å²) < 4.78 is 0. The van der Waals surface area contributed by atoms with E-state index in [2.05, 4.69) is 29.7 Å². The predicted molar refractivity (Wildman–Crippen MR) is 115 cm³/mol. The fourth-order valence-electron chi connectivity index (χ4n) is 3.32. The van der Waals surface area contributed by atoms with Crippen molar-refractivity contribution in [3.8, 4) is 0 Å². The molecule has 150 valence electrons. The van der Waals surface area contributed by atoms with Crippen LogP contribution in [0, 0.1) is 20.8 Å². The lowest BCUT2D eigenvalue weighted by atomic mass is 9.98. The number of nitrogens with one attached hydrogen (secondary N) is 2. The van der Waals surface area contributed by atoms with E-state index in [1.807, 2.05) is 51.1 Å². The van der Waals surface area contributed by atoms with Crippen molar-refractivity contribution < 1.29 is 9.59 Å². The van der Waals surface area contributed by atoms with Gasteiger partial charge in [-0.05, 0) is 49.8 Å². The van der Waals surface area contributed by atoms with Gasteiger partial charge >= 0.3 is 6.03 Å². The largest absolute Gasteiger partial charge is 0.338 e. The molecule has 0 heterocycles. The molecule has 0 aliphatic heterocycles. The van der Waals surface area contributed by atoms with E-state index in [1.54, 1.807) is 7.05 Å². The number of rotatable bonds is 7. The summed E-state index contributed by atoms with van der Waals surface area (Å²) in [5, 5.41) is 5.82. The molecule has 0 spiro atoms. The summed E-state index contributed by atoms with van der Waals surface area (Å²) >= 11 is 0. The minimum Gasteiger partial charge on any atom is -0.338 e. The number of amides is 3. The summed E-state index contributed by atoms with van der Waals surface area (Å²) in [5.74, 6) is 0.160. The maximum Gasteiger partial charge on any atom is 0.317 e. The van der Waals surface area contributed by atoms with Crippen molar-refractivity contribution >= 4 is 17.6 Å². The maximum atomic E-state index is 12.4. The number of carbonyl (C=O) groups excluding carboxylic acids is 2. The molecule has 1 atom stereocenters. The number of aryl methyl sites for hydroxylation is 3. The first-order valence-electron chi connectivity index (χ1n) is 9.69. The van der Waals surface area contributed by atoms with Crippen LogP contribution in [0.5, 0.6) is 0 Å². The zero-order valence-corrected chi connectivity index (χ0v) is 17.5. The number of nitrogens with zero attached hydrogens (tertiary/aromatic N) is 1. The first kappa shape index (κ1) is 21.5. The van der Waals surface area contributed by atoms with Crippen LogP contribution >= 0.6 is 0 Å². The van der Waals surface area contributed by atoms with Crippen molar-refractivity contribution in [1.82, 2.24) is 10.2 Å². The molecule has 0 saturated heterocycles. The maximum absolute atomic E-state index is 12.4. The van der Waals surface area contributed by atoms with Gasteiger partial charge in [-0.1, -0.05) is 55.0 Å². The number of benzene rings is 2. The molecule has 0 bridgehead atoms. The third-order valence-electron chi connectivity index (χ3n) is 4.89. The van der Waals surface area contributed by atoms with Gasteiger partial charge < -0.3 is 15.5 Å². The first-order chi connectivity index (χ1) is 13.3. The van der Waals surface area contributed by atoms with Gasteiger partial charge in [0, 0.05) is 19.3 Å². The second-order valence-corrected chi connectivity index (χ2v) is 7.51. The average Bonchev–Trinajstić information content (AvgIpc) is 2.65. The molecule has 1 unspecified atom stereocenters. The van der Waals surface area contributed by atoms with Gasteiger partial charge in [-0.3, -0.25) is 4.79 Å². The second kappa shape index (κ2) is 9.93. The third-order valence-corrected chi connectivity index (χ3v) is 4.89. The zero-order valence-electron chi connectivity index (χ0n) is 17.5. The lowest BCUT2D eigenvalue weighted by molar-refractivity contribution is -0.116. The first-order valence-corrected chi connectivity index (χ1v) is 9.69. The topological polar surface area (TPSA) is 61.4 Å². The van der Waals surface area contributed by atoms with E-state index in [9.17, 15) is 9.59 Å². The smallest absolute Gasteiger partial charge is 0.317 e. The van der Waals surface area contributed by atoms with Crippen LogP contribution in [0.1, 0.15) is 41.5 Å². The van der Waals surface area contributed by atoms with Crippen LogP contribution in [0.4, 0.5) is 10.5 Å². The summed E-state index contributed by atoms with van der Waals surface area (Å²) in [7, 11) is 1.63. The van der Waals surface area contributed by atoms with Crippen molar-refractivity contribution in [2.45, 2.75) is 40.0 Å². The lowest BCUT2D eigenvalue weighted by Crippen LogP contribution is -2.42. The normalized spacial score (nSPS) is 11.6. The van der Waals surface area contributed by atoms with Crippen LogP contribution in [0.2, 0.25) is 0 Å². The monoisotopic (exact) mass is 381 g/mol. The van der Waals surface area contributed by atoms with Crippen LogP contribution in [0.15, 0.2) is 42.5 Å². The van der Waals surface area contributed by atoms with Crippen LogP contribution in [0.3, 0.4) is 0 Å². The highest BCUT2D eigenvalue weighted by Crippen LogP contribution is 2.22. The molecule has 0 aliphatic carbocycles. The van der Waals surface area contributed by atoms with Crippen molar-refractivity contribution in [2.75, 3.05) is 25.5 Å². The fraction of sp³-hybridized carbons (Fsp3) is 0.391. The molecule has 2 rings (SSSR count). The molecule has 0 saturated carbocycles. The Morgan fingerprint density at radius 3 is 2.25 bits per heavy atom. The Kier molecular flexibility index (Phi) is 7.61. The highest BCUT2D eigenvalue weighted by Gasteiger charge is 2.15. The molecule has 2 aromatic carbocycles. The Hall–Kier alpha value is -2.82. The van der Waals surface area contributed by atoms with Crippen LogP contribution in [-0.4, -0.2) is 37.0 Å². The Morgan fingerprint density at radius 1 is 1.04 bits per heavy atom. The quantitative estimate of drug-likeness (QED) is 0.747. The highest BCUT2D eigenvalue weighted by atomic mass is 16.2. The summed E-state index contributed by atoms with van der Waals surface area (Å²) in [5.41, 5.74) is 5.28. The molecule has 0 fully saturated rings. The van der Waals surface area contributed by atoms with E-state index in [-0.39, 0.29) is 18.5 Å². The van der Waals surface area contributed by atoms with Crippen LogP contribution < -0.4 is 10.6 Å². The molecule has 0 aromatic heterocycles. The van der Waals surface area contributed by atoms with Crippen molar-refractivity contribution in [1.29, 1.82) is 0 Å². The molecule has 3 amide bonds. The molecule has 5 heteroatoms. The van der Waals surface area contributed by atoms with E-state index in [0.717, 1.165) is 28.8 Å². The minimum atomic E-state index is -0.243. The minimum absolute atomic E-state index is 0.00677. The fourth-order valence-corrected chi connectivity index (χ4v) is 3.32. The lowest BCUT2D eigenvalue weighted by Gasteiger charge is -2.20. The van der Waals surface area contributed by atoms with E-state index in [0.29, 0.717) is 12.5 Å². The van der Waals surface area contributed by atoms with E-state index in [4.69, 9.17) is 0 Å². The summed E-state index contributed by atoms with van der Waals surface area (Å²) in [6.45, 7) is 8.69. The average molecular weight is 382 g/mol. The van der Waals surface area contributed by atoms with Crippen molar-refractivity contribution in [2.24, 2.45) is 0 Å². The number of likely N-dealkylation sites (N-methyl/N-ethyl adjacent to an activating group) is 1. The highest BCUT2D eigenvalue weighted by molar-refractivity contribution is 5.95. The van der Waals surface area contributed by atoms with Gasteiger partial charge in [0.05, 0.1) is 0 Å². The number of anilines is 1. The van der Waals surface area contributed by atoms with Gasteiger partial charge in [0.1, 0.15) is 6.54 Å². The number of hydrogen-bond donors (Lipinski definition) is 2. The van der Waals surface area contributed by atoms with Crippen LogP contribution in [0.25, 0.3) is 0 Å². The summed E-state index contributed by atoms with van der Waals surface area (Å²) in [4.78, 5) is 26.0. The molecule has 2 aromatic rings. The summed E-state index contributed by atoms with van der Waals surface area (Å²) in [6, 6.07) is 14.1. The van der Waals surface area contributed by atoms with Crippen molar-refractivity contribution in [3.63, 3.8) is 0 Å². The SMILES string of the molecule is Cc1cc(C)c(NC(=O)CN(C)C(=O)NCCC(C)c2ccccc2)c(C)c1. The Bertz CT molecular complexity index is 795. The van der Waals surface area contributed by atoms with Gasteiger partial charge in [-0.2, -0.15) is 0 Å². The number of carbonyl (C=O) groups is 2. The molecule has 5 nitrogen and oxygen atoms in total. The molecule has 0 radical (unpaired) electrons. The molecular weight excluding hydrogens is 350 g/mol. The third kappa shape index (κ3) is 6.12. The van der Waals surface area contributed by atoms with Crippen molar-refractivity contribution in [3.05, 3.63) is 64.7 Å². The van der Waals surface area contributed by atoms with Gasteiger partial charge in [-0.15, -0.1) is 0 Å². The molecule has 28 heavy (non-hydrogen) atoms. The molecule has 0 aliphatic rings. The second-order valence-electron chi connectivity index (χ2n) is 7.51. The Balaban J connectivity index is 1.79. The van der Waals surface area contributed by atoms with E-state index < -0.39 is 0 Å². The van der Waals surface area contributed by atoms with Gasteiger partial charge in [-0.25, -0.2) is 4.79 Å². The summed E-state index contributed by atoms with van der Waals surface area (Å²) in [6.07, 6.45) is 0.845. The van der Waals surface area contributed by atoms with Gasteiger partial charge in [0.2, 0.25) is 5.91 Å². The predicted octanol–water partition coefficient (Wildman–Crippen LogP) is 4.39. The Morgan fingerprint density at radius 2 is 1.64 bits per heavy atom. The standard InChI is InChI=1S/C23H31N3O2/c1-16-13-18(3)22(19(4)14-16)25-21(27)15-26(5)23(28)24-12-11-17(2)20-9-7-6-8-10-20/h6-10,13-14,17H,11-12,15H2,1-5H3,(H,24,28)(H,25,27). The van der Waals surface area contributed by atoms with Crippen LogP contribution in [-0.2, 0) is 4.79 Å².